The van der Waals surface area contributed by atoms with E-state index >= 15 is 0 Å². The maximum atomic E-state index is 12.8. The van der Waals surface area contributed by atoms with Crippen molar-refractivity contribution < 1.29 is 8.42 Å². The minimum absolute atomic E-state index is 0.274. The molecular weight excluding hydrogens is 404 g/mol. The van der Waals surface area contributed by atoms with E-state index < -0.39 is 10.0 Å². The van der Waals surface area contributed by atoms with Crippen molar-refractivity contribution in [2.45, 2.75) is 76.0 Å². The predicted octanol–water partition coefficient (Wildman–Crippen LogP) is 7.11. The highest BCUT2D eigenvalue weighted by atomic mass is 32.2. The minimum atomic E-state index is -3.65. The number of anilines is 1. The number of fused-ring (bicyclic) bond motifs is 1. The van der Waals surface area contributed by atoms with Crippen LogP contribution in [-0.4, -0.2) is 13.4 Å². The fourth-order valence-corrected chi connectivity index (χ4v) is 4.93. The summed E-state index contributed by atoms with van der Waals surface area (Å²) in [5.74, 6) is 0. The van der Waals surface area contributed by atoms with E-state index in [0.717, 1.165) is 18.2 Å². The van der Waals surface area contributed by atoms with Crippen LogP contribution in [0.1, 0.15) is 70.3 Å². The van der Waals surface area contributed by atoms with Crippen molar-refractivity contribution in [3.8, 4) is 0 Å². The molecule has 3 aromatic rings. The Hall–Kier alpha value is -2.40. The molecule has 0 unspecified atom stereocenters. The number of para-hydroxylation sites is 1. The van der Waals surface area contributed by atoms with Crippen LogP contribution >= 0.6 is 0 Å². The van der Waals surface area contributed by atoms with Crippen LogP contribution in [0.15, 0.2) is 65.7 Å². The van der Waals surface area contributed by atoms with Gasteiger partial charge < -0.3 is 0 Å². The van der Waals surface area contributed by atoms with Gasteiger partial charge in [-0.25, -0.2) is 8.42 Å². The van der Waals surface area contributed by atoms with Crippen molar-refractivity contribution >= 4 is 26.6 Å². The summed E-state index contributed by atoms with van der Waals surface area (Å²) in [4.78, 5) is 4.59. The molecule has 5 heteroatoms. The second-order valence-corrected chi connectivity index (χ2v) is 9.89. The molecule has 1 N–H and O–H groups in total. The summed E-state index contributed by atoms with van der Waals surface area (Å²) in [5.41, 5.74) is 2.33. The number of aryl methyl sites for hydroxylation is 1. The average Bonchev–Trinajstić information content (AvgIpc) is 2.78. The van der Waals surface area contributed by atoms with Gasteiger partial charge in [0.25, 0.3) is 10.0 Å². The molecule has 0 atom stereocenters. The first-order valence-corrected chi connectivity index (χ1v) is 13.0. The third kappa shape index (κ3) is 7.06. The van der Waals surface area contributed by atoms with Gasteiger partial charge in [-0.2, -0.15) is 0 Å². The highest BCUT2D eigenvalue weighted by Gasteiger charge is 2.15. The van der Waals surface area contributed by atoms with Crippen LogP contribution in [0.25, 0.3) is 10.9 Å². The van der Waals surface area contributed by atoms with E-state index in [9.17, 15) is 8.42 Å². The van der Waals surface area contributed by atoms with Gasteiger partial charge in [0.05, 0.1) is 16.1 Å². The van der Waals surface area contributed by atoms with Crippen LogP contribution in [0.3, 0.4) is 0 Å². The summed E-state index contributed by atoms with van der Waals surface area (Å²) in [7, 11) is -3.65. The van der Waals surface area contributed by atoms with Gasteiger partial charge in [-0.3, -0.25) is 9.71 Å². The second kappa shape index (κ2) is 11.8. The molecule has 0 aliphatic rings. The van der Waals surface area contributed by atoms with Gasteiger partial charge >= 0.3 is 0 Å². The number of hydrogen-bond donors (Lipinski definition) is 1. The number of aromatic nitrogens is 1. The number of unbranched alkanes of at least 4 members (excludes halogenated alkanes) is 8. The Morgan fingerprint density at radius 2 is 1.42 bits per heavy atom. The highest BCUT2D eigenvalue weighted by molar-refractivity contribution is 7.92. The number of sulfonamides is 1. The molecule has 0 spiro atoms. The molecule has 0 fully saturated rings. The summed E-state index contributed by atoms with van der Waals surface area (Å²) >= 11 is 0. The maximum Gasteiger partial charge on any atom is 0.261 e. The Morgan fingerprint density at radius 3 is 2.13 bits per heavy atom. The monoisotopic (exact) mass is 438 g/mol. The van der Waals surface area contributed by atoms with Crippen LogP contribution in [0.5, 0.6) is 0 Å². The van der Waals surface area contributed by atoms with E-state index in [1.807, 2.05) is 36.4 Å². The summed E-state index contributed by atoms with van der Waals surface area (Å²) in [6.45, 7) is 2.25. The van der Waals surface area contributed by atoms with E-state index in [1.165, 1.54) is 56.9 Å². The standard InChI is InChI=1S/C26H34N2O2S/c1-2-3-4-5-6-7-8-9-10-13-22-17-19-24(20-18-22)31(29,30)28-25-16-11-14-23-15-12-21-27-26(23)25/h11-12,14-21,28H,2-10,13H2,1H3. The highest BCUT2D eigenvalue weighted by Crippen LogP contribution is 2.24. The molecule has 166 valence electrons. The van der Waals surface area contributed by atoms with Gasteiger partial charge in [-0.15, -0.1) is 0 Å². The molecule has 2 aromatic carbocycles. The lowest BCUT2D eigenvalue weighted by Crippen LogP contribution is -2.13. The second-order valence-electron chi connectivity index (χ2n) is 8.21. The zero-order valence-corrected chi connectivity index (χ0v) is 19.3. The normalized spacial score (nSPS) is 11.6. The predicted molar refractivity (Wildman–Crippen MR) is 130 cm³/mol. The van der Waals surface area contributed by atoms with Gasteiger partial charge in [0.15, 0.2) is 0 Å². The zero-order valence-electron chi connectivity index (χ0n) is 18.5. The zero-order chi connectivity index (χ0) is 21.9. The SMILES string of the molecule is CCCCCCCCCCCc1ccc(S(=O)(=O)Nc2cccc3cccnc23)cc1. The van der Waals surface area contributed by atoms with Gasteiger partial charge in [-0.05, 0) is 42.7 Å². The minimum Gasteiger partial charge on any atom is -0.277 e. The van der Waals surface area contributed by atoms with Gasteiger partial charge in [0, 0.05) is 11.6 Å². The molecule has 1 aromatic heterocycles. The van der Waals surface area contributed by atoms with Crippen LogP contribution < -0.4 is 4.72 Å². The Kier molecular flexibility index (Phi) is 8.89. The fraction of sp³-hybridized carbons (Fsp3) is 0.423. The van der Waals surface area contributed by atoms with Crippen LogP contribution in [0, 0.1) is 0 Å². The first kappa shape index (κ1) is 23.3. The van der Waals surface area contributed by atoms with E-state index in [4.69, 9.17) is 0 Å². The number of hydrogen-bond acceptors (Lipinski definition) is 3. The van der Waals surface area contributed by atoms with E-state index in [1.54, 1.807) is 24.4 Å². The van der Waals surface area contributed by atoms with Crippen LogP contribution in [0.2, 0.25) is 0 Å². The average molecular weight is 439 g/mol. The molecule has 31 heavy (non-hydrogen) atoms. The molecule has 4 nitrogen and oxygen atoms in total. The van der Waals surface area contributed by atoms with Gasteiger partial charge in [0.2, 0.25) is 0 Å². The lowest BCUT2D eigenvalue weighted by Gasteiger charge is -2.11. The van der Waals surface area contributed by atoms with E-state index in [-0.39, 0.29) is 4.90 Å². The molecule has 1 heterocycles. The van der Waals surface area contributed by atoms with E-state index in [2.05, 4.69) is 16.6 Å². The number of nitrogens with zero attached hydrogens (tertiary/aromatic N) is 1. The van der Waals surface area contributed by atoms with Crippen molar-refractivity contribution in [3.05, 3.63) is 66.4 Å². The molecular formula is C26H34N2O2S. The topological polar surface area (TPSA) is 59.1 Å². The number of benzene rings is 2. The summed E-state index contributed by atoms with van der Waals surface area (Å²) in [6.07, 6.45) is 14.4. The maximum absolute atomic E-state index is 12.8. The van der Waals surface area contributed by atoms with Crippen molar-refractivity contribution in [2.24, 2.45) is 0 Å². The van der Waals surface area contributed by atoms with Crippen molar-refractivity contribution in [2.75, 3.05) is 4.72 Å². The molecule has 0 radical (unpaired) electrons. The summed E-state index contributed by atoms with van der Waals surface area (Å²) in [5, 5.41) is 0.902. The molecule has 0 saturated heterocycles. The lowest BCUT2D eigenvalue weighted by molar-refractivity contribution is 0.565. The van der Waals surface area contributed by atoms with Crippen LogP contribution in [0.4, 0.5) is 5.69 Å². The molecule has 0 aliphatic carbocycles. The number of pyridine rings is 1. The van der Waals surface area contributed by atoms with Crippen molar-refractivity contribution in [3.63, 3.8) is 0 Å². The summed E-state index contributed by atoms with van der Waals surface area (Å²) < 4.78 is 28.4. The lowest BCUT2D eigenvalue weighted by atomic mass is 10.0. The first-order valence-electron chi connectivity index (χ1n) is 11.6. The first-order chi connectivity index (χ1) is 15.1. The molecule has 0 amide bonds. The molecule has 3 rings (SSSR count). The van der Waals surface area contributed by atoms with Gasteiger partial charge in [-0.1, -0.05) is 88.6 Å². The molecule has 0 aliphatic heterocycles. The number of nitrogens with one attached hydrogen (secondary N) is 1. The molecule has 0 saturated carbocycles. The number of rotatable bonds is 13. The smallest absolute Gasteiger partial charge is 0.261 e. The van der Waals surface area contributed by atoms with Crippen molar-refractivity contribution in [1.29, 1.82) is 0 Å². The largest absolute Gasteiger partial charge is 0.277 e. The Bertz CT molecular complexity index is 1040. The fourth-order valence-electron chi connectivity index (χ4n) is 3.87. The van der Waals surface area contributed by atoms with Crippen LogP contribution in [-0.2, 0) is 16.4 Å². The third-order valence-electron chi connectivity index (χ3n) is 5.68. The molecule has 0 bridgehead atoms. The Labute approximate surface area is 187 Å². The van der Waals surface area contributed by atoms with Gasteiger partial charge in [0.1, 0.15) is 0 Å². The van der Waals surface area contributed by atoms with Crippen molar-refractivity contribution in [1.82, 2.24) is 4.98 Å². The Balaban J connectivity index is 1.49. The summed E-state index contributed by atoms with van der Waals surface area (Å²) in [6, 6.07) is 16.5. The Morgan fingerprint density at radius 1 is 0.774 bits per heavy atom. The third-order valence-corrected chi connectivity index (χ3v) is 7.06. The van der Waals surface area contributed by atoms with E-state index in [0.29, 0.717) is 11.2 Å². The quantitative estimate of drug-likeness (QED) is 0.289.